The molecule has 0 spiro atoms. The zero-order valence-electron chi connectivity index (χ0n) is 10.0. The molecule has 0 amide bonds. The minimum absolute atomic E-state index is 0.447. The summed E-state index contributed by atoms with van der Waals surface area (Å²) in [5.74, 6) is 0.519. The summed E-state index contributed by atoms with van der Waals surface area (Å²) in [6.45, 7) is 5.39. The third kappa shape index (κ3) is 3.09. The maximum atomic E-state index is 6.13. The van der Waals surface area contributed by atoms with E-state index in [0.29, 0.717) is 16.9 Å². The molecule has 2 rings (SSSR count). The Morgan fingerprint density at radius 3 is 3.18 bits per heavy atom. The smallest absolute Gasteiger partial charge is 0.123 e. The highest BCUT2D eigenvalue weighted by Crippen LogP contribution is 2.20. The molecular formula is C12H18ClN3O. The number of pyridine rings is 1. The first kappa shape index (κ1) is 12.6. The first-order valence-electron chi connectivity index (χ1n) is 5.93. The van der Waals surface area contributed by atoms with Crippen LogP contribution in [0.5, 0.6) is 0 Å². The van der Waals surface area contributed by atoms with Crippen LogP contribution in [0, 0.1) is 0 Å². The molecule has 1 atom stereocenters. The number of nitrogens with two attached hydrogens (primary N) is 1. The maximum Gasteiger partial charge on any atom is 0.123 e. The number of nitrogen functional groups attached to an aromatic ring is 1. The topological polar surface area (TPSA) is 51.4 Å². The third-order valence-corrected chi connectivity index (χ3v) is 3.46. The number of aromatic nitrogens is 1. The Balaban J connectivity index is 2.10. The van der Waals surface area contributed by atoms with E-state index in [2.05, 4.69) is 16.8 Å². The van der Waals surface area contributed by atoms with E-state index in [-0.39, 0.29) is 0 Å². The molecule has 0 aliphatic carbocycles. The van der Waals surface area contributed by atoms with Crippen LogP contribution in [0.1, 0.15) is 19.0 Å². The van der Waals surface area contributed by atoms with Crippen molar-refractivity contribution in [2.45, 2.75) is 25.9 Å². The van der Waals surface area contributed by atoms with Crippen LogP contribution in [0.15, 0.2) is 12.1 Å². The van der Waals surface area contributed by atoms with Crippen molar-refractivity contribution in [2.24, 2.45) is 0 Å². The second kappa shape index (κ2) is 5.67. The van der Waals surface area contributed by atoms with Gasteiger partial charge in [-0.2, -0.15) is 0 Å². The van der Waals surface area contributed by atoms with Gasteiger partial charge in [0.15, 0.2) is 0 Å². The Morgan fingerprint density at radius 1 is 1.59 bits per heavy atom. The van der Waals surface area contributed by atoms with Crippen LogP contribution in [0.3, 0.4) is 0 Å². The number of rotatable bonds is 3. The van der Waals surface area contributed by atoms with Crippen molar-refractivity contribution < 1.29 is 4.74 Å². The quantitative estimate of drug-likeness (QED) is 0.897. The summed E-state index contributed by atoms with van der Waals surface area (Å²) in [6.07, 6.45) is 1.07. The molecule has 2 heterocycles. The highest BCUT2D eigenvalue weighted by atomic mass is 35.5. The SMILES string of the molecule is CCC1COCCN1Cc1nc(N)ccc1Cl. The lowest BCUT2D eigenvalue weighted by Gasteiger charge is -2.34. The van der Waals surface area contributed by atoms with Crippen molar-refractivity contribution in [3.8, 4) is 0 Å². The zero-order chi connectivity index (χ0) is 12.3. The number of halogens is 1. The lowest BCUT2D eigenvalue weighted by molar-refractivity contribution is -0.0132. The van der Waals surface area contributed by atoms with Crippen LogP contribution < -0.4 is 5.73 Å². The lowest BCUT2D eigenvalue weighted by Crippen LogP contribution is -2.44. The molecule has 1 aromatic heterocycles. The monoisotopic (exact) mass is 255 g/mol. The number of hydrogen-bond acceptors (Lipinski definition) is 4. The van der Waals surface area contributed by atoms with E-state index in [1.807, 2.05) is 0 Å². The van der Waals surface area contributed by atoms with Crippen LogP contribution in [0.25, 0.3) is 0 Å². The van der Waals surface area contributed by atoms with Gasteiger partial charge in [0.1, 0.15) is 5.82 Å². The zero-order valence-corrected chi connectivity index (χ0v) is 10.8. The first-order valence-corrected chi connectivity index (χ1v) is 6.31. The Labute approximate surface area is 107 Å². The fourth-order valence-electron chi connectivity index (χ4n) is 2.08. The van der Waals surface area contributed by atoms with Gasteiger partial charge in [0.2, 0.25) is 0 Å². The Hall–Kier alpha value is -0.840. The van der Waals surface area contributed by atoms with Crippen molar-refractivity contribution in [2.75, 3.05) is 25.5 Å². The Kier molecular flexibility index (Phi) is 4.20. The van der Waals surface area contributed by atoms with Crippen molar-refractivity contribution in [1.29, 1.82) is 0 Å². The standard InChI is InChI=1S/C12H18ClN3O/c1-2-9-8-17-6-5-16(9)7-11-10(13)3-4-12(14)15-11/h3-4,9H,2,5-8H2,1H3,(H2,14,15). The molecule has 1 aliphatic heterocycles. The summed E-state index contributed by atoms with van der Waals surface area (Å²) in [5, 5.41) is 0.681. The van der Waals surface area contributed by atoms with Crippen LogP contribution in [-0.4, -0.2) is 35.7 Å². The summed E-state index contributed by atoms with van der Waals surface area (Å²) in [5.41, 5.74) is 6.54. The van der Waals surface area contributed by atoms with Gasteiger partial charge in [0.25, 0.3) is 0 Å². The summed E-state index contributed by atoms with van der Waals surface area (Å²) >= 11 is 6.13. The van der Waals surface area contributed by atoms with Gasteiger partial charge in [-0.3, -0.25) is 4.90 Å². The Morgan fingerprint density at radius 2 is 2.41 bits per heavy atom. The average Bonchev–Trinajstić information content (AvgIpc) is 2.34. The molecule has 5 heteroatoms. The fourth-order valence-corrected chi connectivity index (χ4v) is 2.24. The predicted octanol–water partition coefficient (Wildman–Crippen LogP) is 1.93. The number of ether oxygens (including phenoxy) is 1. The van der Waals surface area contributed by atoms with Gasteiger partial charge in [0.05, 0.1) is 23.9 Å². The van der Waals surface area contributed by atoms with Crippen molar-refractivity contribution in [3.63, 3.8) is 0 Å². The fraction of sp³-hybridized carbons (Fsp3) is 0.583. The van der Waals surface area contributed by atoms with E-state index in [0.717, 1.165) is 38.4 Å². The van der Waals surface area contributed by atoms with Gasteiger partial charge in [-0.25, -0.2) is 4.98 Å². The minimum Gasteiger partial charge on any atom is -0.384 e. The maximum absolute atomic E-state index is 6.13. The number of morpholine rings is 1. The van der Waals surface area contributed by atoms with Crippen molar-refractivity contribution in [3.05, 3.63) is 22.8 Å². The molecule has 0 aromatic carbocycles. The highest BCUT2D eigenvalue weighted by molar-refractivity contribution is 6.31. The molecule has 1 aromatic rings. The van der Waals surface area contributed by atoms with Gasteiger partial charge < -0.3 is 10.5 Å². The molecule has 0 bridgehead atoms. The largest absolute Gasteiger partial charge is 0.384 e. The van der Waals surface area contributed by atoms with Gasteiger partial charge in [0, 0.05) is 19.1 Å². The summed E-state index contributed by atoms with van der Waals surface area (Å²) in [4.78, 5) is 6.66. The van der Waals surface area contributed by atoms with Crippen molar-refractivity contribution in [1.82, 2.24) is 9.88 Å². The van der Waals surface area contributed by atoms with Gasteiger partial charge in [-0.05, 0) is 18.6 Å². The lowest BCUT2D eigenvalue weighted by atomic mass is 10.1. The van der Waals surface area contributed by atoms with Crippen LogP contribution in [-0.2, 0) is 11.3 Å². The van der Waals surface area contributed by atoms with E-state index in [1.165, 1.54) is 0 Å². The second-order valence-corrected chi connectivity index (χ2v) is 4.68. The van der Waals surface area contributed by atoms with Crippen LogP contribution in [0.4, 0.5) is 5.82 Å². The van der Waals surface area contributed by atoms with Gasteiger partial charge >= 0.3 is 0 Å². The molecular weight excluding hydrogens is 238 g/mol. The van der Waals surface area contributed by atoms with Gasteiger partial charge in [-0.1, -0.05) is 18.5 Å². The van der Waals surface area contributed by atoms with E-state index in [1.54, 1.807) is 12.1 Å². The molecule has 1 unspecified atom stereocenters. The first-order chi connectivity index (χ1) is 8.20. The molecule has 0 radical (unpaired) electrons. The second-order valence-electron chi connectivity index (χ2n) is 4.27. The number of nitrogens with zero attached hydrogens (tertiary/aromatic N) is 2. The molecule has 4 nitrogen and oxygen atoms in total. The highest BCUT2D eigenvalue weighted by Gasteiger charge is 2.22. The average molecular weight is 256 g/mol. The third-order valence-electron chi connectivity index (χ3n) is 3.11. The molecule has 0 saturated carbocycles. The summed E-state index contributed by atoms with van der Waals surface area (Å²) < 4.78 is 5.48. The molecule has 1 fully saturated rings. The molecule has 94 valence electrons. The Bertz CT molecular complexity index is 386. The van der Waals surface area contributed by atoms with E-state index in [4.69, 9.17) is 22.1 Å². The summed E-state index contributed by atoms with van der Waals surface area (Å²) in [7, 11) is 0. The van der Waals surface area contributed by atoms with Gasteiger partial charge in [-0.15, -0.1) is 0 Å². The van der Waals surface area contributed by atoms with Crippen LogP contribution in [0.2, 0.25) is 5.02 Å². The number of anilines is 1. The number of hydrogen-bond donors (Lipinski definition) is 1. The minimum atomic E-state index is 0.447. The van der Waals surface area contributed by atoms with Crippen LogP contribution >= 0.6 is 11.6 Å². The molecule has 2 N–H and O–H groups in total. The molecule has 1 aliphatic rings. The molecule has 1 saturated heterocycles. The van der Waals surface area contributed by atoms with E-state index < -0.39 is 0 Å². The summed E-state index contributed by atoms with van der Waals surface area (Å²) in [6, 6.07) is 3.98. The van der Waals surface area contributed by atoms with E-state index >= 15 is 0 Å². The normalized spacial score (nSPS) is 21.6. The predicted molar refractivity (Wildman–Crippen MR) is 69.0 cm³/mol. The van der Waals surface area contributed by atoms with Crippen molar-refractivity contribution >= 4 is 17.4 Å². The molecule has 17 heavy (non-hydrogen) atoms. The van der Waals surface area contributed by atoms with E-state index in [9.17, 15) is 0 Å².